The van der Waals surface area contributed by atoms with E-state index in [9.17, 15) is 0 Å². The number of para-hydroxylation sites is 1. The van der Waals surface area contributed by atoms with Gasteiger partial charge in [0.25, 0.3) is 0 Å². The van der Waals surface area contributed by atoms with Gasteiger partial charge in [-0.15, -0.1) is 0 Å². The van der Waals surface area contributed by atoms with Crippen LogP contribution in [0.15, 0.2) is 30.3 Å². The predicted molar refractivity (Wildman–Crippen MR) is 75.0 cm³/mol. The van der Waals surface area contributed by atoms with Crippen molar-refractivity contribution in [3.05, 3.63) is 30.3 Å². The second-order valence-corrected chi connectivity index (χ2v) is 6.97. The molecule has 1 aromatic carbocycles. The summed E-state index contributed by atoms with van der Waals surface area (Å²) >= 11 is 1.90. The first-order valence-electron chi connectivity index (χ1n) is 5.72. The van der Waals surface area contributed by atoms with Gasteiger partial charge in [-0.05, 0) is 17.9 Å². The summed E-state index contributed by atoms with van der Waals surface area (Å²) in [5.74, 6) is 2.07. The van der Waals surface area contributed by atoms with E-state index in [1.807, 2.05) is 41.7 Å². The van der Waals surface area contributed by atoms with Crippen LogP contribution in [0.2, 0.25) is 0 Å². The van der Waals surface area contributed by atoms with E-state index in [0.717, 1.165) is 24.6 Å². The van der Waals surface area contributed by atoms with Crippen LogP contribution in [-0.4, -0.2) is 23.5 Å². The van der Waals surface area contributed by atoms with Gasteiger partial charge in [-0.3, -0.25) is 0 Å². The molecule has 0 heterocycles. The Hall–Kier alpha value is -0.240. The fourth-order valence-corrected chi connectivity index (χ4v) is 4.88. The maximum Gasteiger partial charge on any atom is 0.228 e. The molecule has 0 aromatic heterocycles. The molecule has 0 fully saturated rings. The molecule has 16 heavy (non-hydrogen) atoms. The molecule has 1 unspecified atom stereocenters. The summed E-state index contributed by atoms with van der Waals surface area (Å²) in [7, 11) is -0.551. The van der Waals surface area contributed by atoms with Crippen molar-refractivity contribution >= 4 is 18.9 Å². The lowest BCUT2D eigenvalue weighted by molar-refractivity contribution is 0.459. The fraction of sp³-hybridized carbons (Fsp3) is 0.500. The molecule has 0 aliphatic rings. The standard InChI is InChI=1S/C12H20NOPS/c1-4-13(5-2)15(16-6-3)14-12-10-8-7-9-11-12/h7-11H,4-6H2,1-3H3. The van der Waals surface area contributed by atoms with Crippen molar-refractivity contribution < 1.29 is 4.52 Å². The van der Waals surface area contributed by atoms with E-state index in [-0.39, 0.29) is 0 Å². The zero-order valence-electron chi connectivity index (χ0n) is 10.2. The third kappa shape index (κ3) is 4.32. The first-order valence-corrected chi connectivity index (χ1v) is 8.53. The van der Waals surface area contributed by atoms with Crippen molar-refractivity contribution in [1.82, 2.24) is 4.67 Å². The van der Waals surface area contributed by atoms with Gasteiger partial charge in [-0.1, -0.05) is 50.4 Å². The number of benzene rings is 1. The molecule has 4 heteroatoms. The Morgan fingerprint density at radius 3 is 2.25 bits per heavy atom. The van der Waals surface area contributed by atoms with Gasteiger partial charge in [-0.2, -0.15) is 0 Å². The van der Waals surface area contributed by atoms with Crippen LogP contribution in [0.4, 0.5) is 0 Å². The molecule has 0 saturated carbocycles. The molecule has 0 N–H and O–H groups in total. The van der Waals surface area contributed by atoms with Crippen LogP contribution >= 0.6 is 18.9 Å². The van der Waals surface area contributed by atoms with Gasteiger partial charge in [0, 0.05) is 13.1 Å². The maximum atomic E-state index is 6.05. The number of rotatable bonds is 7. The highest BCUT2D eigenvalue weighted by molar-refractivity contribution is 8.53. The van der Waals surface area contributed by atoms with E-state index in [1.54, 1.807) is 0 Å². The summed E-state index contributed by atoms with van der Waals surface area (Å²) in [4.78, 5) is 0. The summed E-state index contributed by atoms with van der Waals surface area (Å²) < 4.78 is 8.44. The fourth-order valence-electron chi connectivity index (χ4n) is 1.30. The third-order valence-corrected chi connectivity index (χ3v) is 6.35. The summed E-state index contributed by atoms with van der Waals surface area (Å²) in [6.07, 6.45) is 0. The second kappa shape index (κ2) is 7.94. The quantitative estimate of drug-likeness (QED) is 0.672. The molecule has 0 spiro atoms. The van der Waals surface area contributed by atoms with Gasteiger partial charge in [0.05, 0.1) is 0 Å². The molecule has 90 valence electrons. The van der Waals surface area contributed by atoms with E-state index in [4.69, 9.17) is 4.52 Å². The first-order chi connectivity index (χ1) is 7.81. The van der Waals surface area contributed by atoms with E-state index in [0.29, 0.717) is 0 Å². The van der Waals surface area contributed by atoms with Gasteiger partial charge < -0.3 is 4.52 Å². The maximum absolute atomic E-state index is 6.05. The first kappa shape index (κ1) is 13.8. The lowest BCUT2D eigenvalue weighted by Crippen LogP contribution is -2.17. The van der Waals surface area contributed by atoms with E-state index in [1.165, 1.54) is 0 Å². The average molecular weight is 257 g/mol. The van der Waals surface area contributed by atoms with Crippen molar-refractivity contribution in [3.8, 4) is 5.75 Å². The molecular weight excluding hydrogens is 237 g/mol. The number of hydrogen-bond acceptors (Lipinski definition) is 3. The highest BCUT2D eigenvalue weighted by Crippen LogP contribution is 2.53. The minimum absolute atomic E-state index is 0.551. The zero-order chi connectivity index (χ0) is 11.8. The van der Waals surface area contributed by atoms with Gasteiger partial charge >= 0.3 is 0 Å². The molecule has 1 atom stereocenters. The van der Waals surface area contributed by atoms with Crippen LogP contribution in [0, 0.1) is 0 Å². The predicted octanol–water partition coefficient (Wildman–Crippen LogP) is 4.39. The van der Waals surface area contributed by atoms with Crippen molar-refractivity contribution in [2.45, 2.75) is 20.8 Å². The summed E-state index contributed by atoms with van der Waals surface area (Å²) in [6, 6.07) is 10.1. The van der Waals surface area contributed by atoms with Crippen LogP contribution in [0.3, 0.4) is 0 Å². The average Bonchev–Trinajstić information content (AvgIpc) is 2.32. The summed E-state index contributed by atoms with van der Waals surface area (Å²) in [5, 5.41) is 0. The molecule has 0 aliphatic carbocycles. The Labute approximate surface area is 104 Å². The van der Waals surface area contributed by atoms with Crippen molar-refractivity contribution in [1.29, 1.82) is 0 Å². The molecule has 1 aromatic rings. The van der Waals surface area contributed by atoms with E-state index < -0.39 is 7.50 Å². The Balaban J connectivity index is 2.63. The van der Waals surface area contributed by atoms with E-state index >= 15 is 0 Å². The van der Waals surface area contributed by atoms with Crippen molar-refractivity contribution in [2.24, 2.45) is 0 Å². The summed E-state index contributed by atoms with van der Waals surface area (Å²) in [5.41, 5.74) is 0. The minimum Gasteiger partial charge on any atom is -0.448 e. The molecule has 0 saturated heterocycles. The van der Waals surface area contributed by atoms with Crippen LogP contribution in [0.5, 0.6) is 5.75 Å². The highest BCUT2D eigenvalue weighted by atomic mass is 32.7. The van der Waals surface area contributed by atoms with Crippen LogP contribution in [0.25, 0.3) is 0 Å². The van der Waals surface area contributed by atoms with Crippen LogP contribution < -0.4 is 4.52 Å². The van der Waals surface area contributed by atoms with Gasteiger partial charge in [0.15, 0.2) is 0 Å². The minimum atomic E-state index is -0.551. The van der Waals surface area contributed by atoms with Crippen LogP contribution in [0.1, 0.15) is 20.8 Å². The Morgan fingerprint density at radius 2 is 1.75 bits per heavy atom. The lowest BCUT2D eigenvalue weighted by Gasteiger charge is -2.27. The molecular formula is C12H20NOPS. The summed E-state index contributed by atoms with van der Waals surface area (Å²) in [6.45, 7) is 8.63. The topological polar surface area (TPSA) is 12.5 Å². The van der Waals surface area contributed by atoms with Crippen molar-refractivity contribution in [2.75, 3.05) is 18.8 Å². The molecule has 0 amide bonds. The molecule has 0 aliphatic heterocycles. The normalized spacial score (nSPS) is 12.8. The van der Waals surface area contributed by atoms with Gasteiger partial charge in [0.1, 0.15) is 5.75 Å². The smallest absolute Gasteiger partial charge is 0.228 e. The Morgan fingerprint density at radius 1 is 1.12 bits per heavy atom. The number of nitrogens with zero attached hydrogens (tertiary/aromatic N) is 1. The van der Waals surface area contributed by atoms with Gasteiger partial charge in [0.2, 0.25) is 7.50 Å². The largest absolute Gasteiger partial charge is 0.448 e. The van der Waals surface area contributed by atoms with Crippen molar-refractivity contribution in [3.63, 3.8) is 0 Å². The van der Waals surface area contributed by atoms with Crippen LogP contribution in [-0.2, 0) is 0 Å². The molecule has 2 nitrogen and oxygen atoms in total. The molecule has 0 radical (unpaired) electrons. The third-order valence-electron chi connectivity index (χ3n) is 2.13. The monoisotopic (exact) mass is 257 g/mol. The van der Waals surface area contributed by atoms with E-state index in [2.05, 4.69) is 25.4 Å². The Bertz CT molecular complexity index is 280. The number of hydrogen-bond donors (Lipinski definition) is 0. The molecule has 1 rings (SSSR count). The van der Waals surface area contributed by atoms with Gasteiger partial charge in [-0.25, -0.2) is 4.67 Å². The SMILES string of the molecule is CCSP(Oc1ccccc1)N(CC)CC. The Kier molecular flexibility index (Phi) is 6.86. The highest BCUT2D eigenvalue weighted by Gasteiger charge is 2.18. The zero-order valence-corrected chi connectivity index (χ0v) is 11.9. The second-order valence-electron chi connectivity index (χ2n) is 3.20. The molecule has 0 bridgehead atoms. The lowest BCUT2D eigenvalue weighted by atomic mass is 10.3.